The molecule has 4 rings (SSSR count). The first kappa shape index (κ1) is 37.0. The van der Waals surface area contributed by atoms with Crippen molar-refractivity contribution in [2.45, 2.75) is 78.9 Å². The molecule has 42 heavy (non-hydrogen) atoms. The summed E-state index contributed by atoms with van der Waals surface area (Å²) in [5, 5.41) is 10.4. The van der Waals surface area contributed by atoms with Crippen molar-refractivity contribution in [1.82, 2.24) is 4.90 Å². The summed E-state index contributed by atoms with van der Waals surface area (Å²) in [7, 11) is 0. The van der Waals surface area contributed by atoms with E-state index < -0.39 is 0 Å². The highest BCUT2D eigenvalue weighted by Crippen LogP contribution is 2.40. The third-order valence-corrected chi connectivity index (χ3v) is 7.56. The number of nitrogens with two attached hydrogens (primary N) is 1. The van der Waals surface area contributed by atoms with Crippen LogP contribution in [0.3, 0.4) is 0 Å². The van der Waals surface area contributed by atoms with Crippen LogP contribution < -0.4 is 5.73 Å². The lowest BCUT2D eigenvalue weighted by Gasteiger charge is -2.40. The maximum absolute atomic E-state index is 12.3. The van der Waals surface area contributed by atoms with Gasteiger partial charge in [0.05, 0.1) is 12.2 Å². The number of halogens is 1. The fraction of sp³-hybridized carbons (Fsp3) is 0.459. The topological polar surface area (TPSA) is 58.7 Å². The van der Waals surface area contributed by atoms with Crippen LogP contribution in [0.5, 0.6) is 5.75 Å². The number of hydrogen-bond acceptors (Lipinski definition) is 4. The van der Waals surface area contributed by atoms with Gasteiger partial charge in [0.25, 0.3) is 0 Å². The van der Waals surface area contributed by atoms with E-state index in [1.807, 2.05) is 51.1 Å². The Kier molecular flexibility index (Phi) is 18.4. The Morgan fingerprint density at radius 2 is 1.74 bits per heavy atom. The summed E-state index contributed by atoms with van der Waals surface area (Å²) in [5.41, 5.74) is 11.2. The van der Waals surface area contributed by atoms with Crippen molar-refractivity contribution in [3.63, 3.8) is 0 Å². The van der Waals surface area contributed by atoms with E-state index in [1.54, 1.807) is 12.2 Å². The van der Waals surface area contributed by atoms with Crippen molar-refractivity contribution in [3.05, 3.63) is 114 Å². The number of hydrogen-bond donors (Lipinski definition) is 2. The molecule has 1 saturated heterocycles. The summed E-state index contributed by atoms with van der Waals surface area (Å²) in [5.74, 6) is 0.861. The third kappa shape index (κ3) is 12.9. The van der Waals surface area contributed by atoms with Crippen LogP contribution >= 0.6 is 0 Å². The zero-order valence-corrected chi connectivity index (χ0v) is 26.7. The number of ether oxygens (including phenoxy) is 1. The molecule has 3 N–H and O–H groups in total. The van der Waals surface area contributed by atoms with Crippen LogP contribution in [0.1, 0.15) is 75.3 Å². The molecule has 232 valence electrons. The Morgan fingerprint density at radius 1 is 1.12 bits per heavy atom. The molecule has 0 saturated carbocycles. The van der Waals surface area contributed by atoms with Gasteiger partial charge in [-0.3, -0.25) is 0 Å². The van der Waals surface area contributed by atoms with Gasteiger partial charge in [-0.25, -0.2) is 4.39 Å². The molecule has 2 heterocycles. The van der Waals surface area contributed by atoms with Crippen LogP contribution in [-0.4, -0.2) is 42.3 Å². The van der Waals surface area contributed by atoms with E-state index in [1.165, 1.54) is 30.5 Å². The average Bonchev–Trinajstić information content (AvgIpc) is 3.01. The molecule has 0 aromatic heterocycles. The van der Waals surface area contributed by atoms with E-state index in [2.05, 4.69) is 44.6 Å². The van der Waals surface area contributed by atoms with Gasteiger partial charge in [-0.1, -0.05) is 94.1 Å². The summed E-state index contributed by atoms with van der Waals surface area (Å²) in [6.45, 7) is 24.6. The van der Waals surface area contributed by atoms with Crippen LogP contribution in [0.2, 0.25) is 0 Å². The smallest absolute Gasteiger partial charge is 0.123 e. The maximum Gasteiger partial charge on any atom is 0.123 e. The van der Waals surface area contributed by atoms with Gasteiger partial charge in [-0.05, 0) is 94.4 Å². The number of aryl methyl sites for hydroxylation is 2. The van der Waals surface area contributed by atoms with Crippen LogP contribution in [0, 0.1) is 18.7 Å². The minimum Gasteiger partial charge on any atom is -0.507 e. The molecular weight excluding hydrogens is 523 g/mol. The number of aromatic hydroxyl groups is 1. The molecule has 2 aromatic rings. The predicted octanol–water partition coefficient (Wildman–Crippen LogP) is 8.65. The predicted molar refractivity (Wildman–Crippen MR) is 178 cm³/mol. The summed E-state index contributed by atoms with van der Waals surface area (Å²) in [6.07, 6.45) is 12.7. The Labute approximate surface area is 255 Å². The van der Waals surface area contributed by atoms with E-state index >= 15 is 0 Å². The van der Waals surface area contributed by atoms with Crippen LogP contribution in [0.4, 0.5) is 4.39 Å². The normalized spacial score (nSPS) is 18.3. The fourth-order valence-electron chi connectivity index (χ4n) is 5.00. The minimum absolute atomic E-state index is 0.0792. The molecule has 2 aliphatic rings. The Bertz CT molecular complexity index is 1100. The van der Waals surface area contributed by atoms with Crippen LogP contribution in [0.15, 0.2) is 86.0 Å². The van der Waals surface area contributed by atoms with Crippen molar-refractivity contribution >= 4 is 0 Å². The van der Waals surface area contributed by atoms with Gasteiger partial charge in [0, 0.05) is 18.5 Å². The molecule has 0 amide bonds. The molecule has 4 nitrogen and oxygen atoms in total. The molecule has 2 atom stereocenters. The van der Waals surface area contributed by atoms with Crippen molar-refractivity contribution in [2.24, 2.45) is 11.7 Å². The monoisotopic (exact) mass is 578 g/mol. The van der Waals surface area contributed by atoms with Gasteiger partial charge in [-0.2, -0.15) is 0 Å². The molecule has 0 aliphatic carbocycles. The first-order valence-corrected chi connectivity index (χ1v) is 15.3. The van der Waals surface area contributed by atoms with Crippen molar-refractivity contribution in [1.29, 1.82) is 0 Å². The summed E-state index contributed by atoms with van der Waals surface area (Å²) >= 11 is 0. The molecule has 0 radical (unpaired) electrons. The van der Waals surface area contributed by atoms with Gasteiger partial charge in [0.1, 0.15) is 11.6 Å². The van der Waals surface area contributed by atoms with Crippen molar-refractivity contribution < 1.29 is 14.2 Å². The number of phenols is 1. The molecule has 5 heteroatoms. The lowest BCUT2D eigenvalue weighted by atomic mass is 9.83. The Hall–Kier alpha value is -2.99. The summed E-state index contributed by atoms with van der Waals surface area (Å²) in [6, 6.07) is 10.7. The standard InChI is InChI=1S/C18H28N2O2.C9H11F.2C5H8/c1-3-20-8-6-13(7-9-20)16-10-15-14(17(11-19)22-16)5-4-12(2)18(15)21;1-2-3-8-4-6-9(10)7-5-8;1-4-5(2)3;1-3-5-4-2/h4-5,13,16-17,21H,3,6-11,19H2,1-2H3;4-7H,2-3H2,1H3;4H,1-2H2,3H3;3-5H,1H2,2H3/b;;;5-4-. The van der Waals surface area contributed by atoms with Crippen molar-refractivity contribution in [3.8, 4) is 5.75 Å². The minimum atomic E-state index is -0.153. The highest BCUT2D eigenvalue weighted by molar-refractivity contribution is 5.47. The number of piperidine rings is 1. The lowest BCUT2D eigenvalue weighted by Crippen LogP contribution is -2.42. The maximum atomic E-state index is 12.3. The SMILES string of the molecule is C=C/C=C\C.C=CC(=C)C.CCCc1ccc(F)cc1.CCN1CCC(C2Cc3c(ccc(C)c3O)C(CN)O2)CC1. The van der Waals surface area contributed by atoms with Crippen LogP contribution in [-0.2, 0) is 17.6 Å². The molecule has 0 bridgehead atoms. The summed E-state index contributed by atoms with van der Waals surface area (Å²) < 4.78 is 18.6. The Balaban J connectivity index is 0.000000363. The second-order valence-electron chi connectivity index (χ2n) is 10.9. The van der Waals surface area contributed by atoms with E-state index in [4.69, 9.17) is 10.5 Å². The van der Waals surface area contributed by atoms with Gasteiger partial charge < -0.3 is 20.5 Å². The second kappa shape index (κ2) is 20.8. The van der Waals surface area contributed by atoms with Gasteiger partial charge >= 0.3 is 0 Å². The number of benzene rings is 2. The quantitative estimate of drug-likeness (QED) is 0.323. The first-order valence-electron chi connectivity index (χ1n) is 15.3. The number of phenolic OH excluding ortho intramolecular Hbond substituents is 1. The zero-order chi connectivity index (χ0) is 31.5. The molecule has 1 fully saturated rings. The van der Waals surface area contributed by atoms with E-state index in [9.17, 15) is 9.50 Å². The van der Waals surface area contributed by atoms with Crippen LogP contribution in [0.25, 0.3) is 0 Å². The first-order chi connectivity index (χ1) is 20.1. The second-order valence-corrected chi connectivity index (χ2v) is 10.9. The largest absolute Gasteiger partial charge is 0.507 e. The number of likely N-dealkylation sites (tertiary alicyclic amines) is 1. The summed E-state index contributed by atoms with van der Waals surface area (Å²) in [4.78, 5) is 2.50. The number of fused-ring (bicyclic) bond motifs is 1. The lowest BCUT2D eigenvalue weighted by molar-refractivity contribution is -0.0644. The van der Waals surface area contributed by atoms with E-state index in [0.717, 1.165) is 61.2 Å². The number of allylic oxidation sites excluding steroid dienone is 5. The average molecular weight is 579 g/mol. The third-order valence-electron chi connectivity index (χ3n) is 7.56. The number of nitrogens with zero attached hydrogens (tertiary/aromatic N) is 1. The molecule has 2 aliphatic heterocycles. The van der Waals surface area contributed by atoms with Gasteiger partial charge in [0.2, 0.25) is 0 Å². The highest BCUT2D eigenvalue weighted by atomic mass is 19.1. The van der Waals surface area contributed by atoms with E-state index in [-0.39, 0.29) is 18.0 Å². The zero-order valence-electron chi connectivity index (χ0n) is 26.7. The Morgan fingerprint density at radius 3 is 2.19 bits per heavy atom. The fourth-order valence-corrected chi connectivity index (χ4v) is 5.00. The molecule has 2 aromatic carbocycles. The van der Waals surface area contributed by atoms with Crippen molar-refractivity contribution in [2.75, 3.05) is 26.2 Å². The molecule has 2 unspecified atom stereocenters. The van der Waals surface area contributed by atoms with Gasteiger partial charge in [0.15, 0.2) is 0 Å². The van der Waals surface area contributed by atoms with E-state index in [0.29, 0.717) is 18.2 Å². The molecule has 0 spiro atoms. The highest BCUT2D eigenvalue weighted by Gasteiger charge is 2.35. The molecular formula is C37H55FN2O2. The van der Waals surface area contributed by atoms with Gasteiger partial charge in [-0.15, -0.1) is 0 Å². The number of rotatable bonds is 7.